The highest BCUT2D eigenvalue weighted by Crippen LogP contribution is 2.32. The zero-order valence-corrected chi connectivity index (χ0v) is 15.3. The number of likely N-dealkylation sites (tertiary alicyclic amines) is 1. The molecule has 3 N–H and O–H groups in total. The molecule has 24 heavy (non-hydrogen) atoms. The number of carbonyl (C=O) groups is 1. The van der Waals surface area contributed by atoms with Crippen LogP contribution in [0.3, 0.4) is 0 Å². The second-order valence-corrected chi connectivity index (χ2v) is 9.83. The van der Waals surface area contributed by atoms with Gasteiger partial charge in [-0.25, -0.2) is 13.1 Å². The fourth-order valence-corrected chi connectivity index (χ4v) is 6.52. The molecular formula is C17H31N3O3S. The first-order valence-electron chi connectivity index (χ1n) is 9.47. The number of rotatable bonds is 5. The predicted molar refractivity (Wildman–Crippen MR) is 93.9 cm³/mol. The Morgan fingerprint density at radius 3 is 2.38 bits per heavy atom. The van der Waals surface area contributed by atoms with Gasteiger partial charge < -0.3 is 10.6 Å². The van der Waals surface area contributed by atoms with Crippen LogP contribution in [0.5, 0.6) is 0 Å². The van der Waals surface area contributed by atoms with Crippen molar-refractivity contribution in [1.82, 2.24) is 9.62 Å². The van der Waals surface area contributed by atoms with Crippen molar-refractivity contribution in [3.8, 4) is 0 Å². The Balaban J connectivity index is 1.65. The molecule has 7 heteroatoms. The number of sulfonamides is 1. The Bertz CT molecular complexity index is 551. The first kappa shape index (κ1) is 18.1. The summed E-state index contributed by atoms with van der Waals surface area (Å²) in [4.78, 5) is 14.4. The van der Waals surface area contributed by atoms with E-state index in [0.717, 1.165) is 57.8 Å². The van der Waals surface area contributed by atoms with Gasteiger partial charge in [0.25, 0.3) is 0 Å². The molecule has 1 aliphatic heterocycles. The summed E-state index contributed by atoms with van der Waals surface area (Å²) < 4.78 is 28.7. The highest BCUT2D eigenvalue weighted by molar-refractivity contribution is 7.90. The van der Waals surface area contributed by atoms with Crippen molar-refractivity contribution in [2.75, 3.05) is 19.6 Å². The third kappa shape index (κ3) is 3.78. The lowest BCUT2D eigenvalue weighted by molar-refractivity contribution is -0.136. The number of hydrogen-bond acceptors (Lipinski definition) is 4. The van der Waals surface area contributed by atoms with Crippen molar-refractivity contribution >= 4 is 15.9 Å². The fraction of sp³-hybridized carbons (Fsp3) is 0.941. The monoisotopic (exact) mass is 357 g/mol. The van der Waals surface area contributed by atoms with Crippen LogP contribution in [-0.4, -0.2) is 49.6 Å². The lowest BCUT2D eigenvalue weighted by Gasteiger charge is -2.36. The molecular weight excluding hydrogens is 326 g/mol. The van der Waals surface area contributed by atoms with E-state index in [9.17, 15) is 13.2 Å². The van der Waals surface area contributed by atoms with Crippen LogP contribution < -0.4 is 10.5 Å². The molecule has 0 bridgehead atoms. The minimum absolute atomic E-state index is 0.115. The Morgan fingerprint density at radius 2 is 1.75 bits per heavy atom. The highest BCUT2D eigenvalue weighted by atomic mass is 32.2. The standard InChI is InChI=1S/C17H31N3O3S/c18-13-17(9-3-4-10-17)19-24(22,23)15-8-5-11-20(12-15)16(21)14-6-1-2-7-14/h14-15,19H,1-13,18H2. The molecule has 3 aliphatic rings. The lowest BCUT2D eigenvalue weighted by atomic mass is 10.0. The lowest BCUT2D eigenvalue weighted by Crippen LogP contribution is -2.57. The minimum Gasteiger partial charge on any atom is -0.341 e. The number of carbonyl (C=O) groups excluding carboxylic acids is 1. The highest BCUT2D eigenvalue weighted by Gasteiger charge is 2.41. The Kier molecular flexibility index (Phi) is 5.52. The van der Waals surface area contributed by atoms with E-state index >= 15 is 0 Å². The van der Waals surface area contributed by atoms with Crippen LogP contribution in [0.1, 0.15) is 64.2 Å². The summed E-state index contributed by atoms with van der Waals surface area (Å²) in [6.45, 7) is 1.39. The zero-order valence-electron chi connectivity index (χ0n) is 14.5. The average Bonchev–Trinajstić information content (AvgIpc) is 3.26. The predicted octanol–water partition coefficient (Wildman–Crippen LogP) is 1.36. The molecule has 1 heterocycles. The van der Waals surface area contributed by atoms with Crippen molar-refractivity contribution in [3.05, 3.63) is 0 Å². The van der Waals surface area contributed by atoms with Gasteiger partial charge in [-0.3, -0.25) is 4.79 Å². The van der Waals surface area contributed by atoms with Gasteiger partial charge in [0, 0.05) is 31.1 Å². The Hall–Kier alpha value is -0.660. The number of piperidine rings is 1. The quantitative estimate of drug-likeness (QED) is 0.777. The maximum Gasteiger partial charge on any atom is 0.225 e. The Labute approximate surface area is 145 Å². The van der Waals surface area contributed by atoms with Crippen LogP contribution in [0.2, 0.25) is 0 Å². The third-order valence-electron chi connectivity index (χ3n) is 6.14. The molecule has 1 amide bonds. The van der Waals surface area contributed by atoms with Crippen LogP contribution in [0.15, 0.2) is 0 Å². The number of nitrogens with zero attached hydrogens (tertiary/aromatic N) is 1. The minimum atomic E-state index is -3.45. The van der Waals surface area contributed by atoms with Crippen molar-refractivity contribution in [3.63, 3.8) is 0 Å². The van der Waals surface area contributed by atoms with Crippen LogP contribution in [-0.2, 0) is 14.8 Å². The van der Waals surface area contributed by atoms with E-state index in [4.69, 9.17) is 5.73 Å². The summed E-state index contributed by atoms with van der Waals surface area (Å²) in [5.74, 6) is 0.284. The first-order valence-corrected chi connectivity index (χ1v) is 11.0. The first-order chi connectivity index (χ1) is 11.5. The zero-order chi connectivity index (χ0) is 17.2. The molecule has 1 atom stereocenters. The van der Waals surface area contributed by atoms with E-state index in [-0.39, 0.29) is 11.8 Å². The van der Waals surface area contributed by atoms with Gasteiger partial charge in [0.2, 0.25) is 15.9 Å². The summed E-state index contributed by atoms with van der Waals surface area (Å²) in [7, 11) is -3.45. The van der Waals surface area contributed by atoms with Gasteiger partial charge in [-0.15, -0.1) is 0 Å². The SMILES string of the molecule is NCC1(NS(=O)(=O)C2CCCN(C(=O)C3CCCC3)C2)CCCC1. The molecule has 1 saturated heterocycles. The molecule has 0 aromatic carbocycles. The summed E-state index contributed by atoms with van der Waals surface area (Å²) >= 11 is 0. The topological polar surface area (TPSA) is 92.5 Å². The van der Waals surface area contributed by atoms with Gasteiger partial charge in [0.05, 0.1) is 5.25 Å². The van der Waals surface area contributed by atoms with Gasteiger partial charge in [-0.2, -0.15) is 0 Å². The molecule has 1 unspecified atom stereocenters. The van der Waals surface area contributed by atoms with Crippen LogP contribution in [0.4, 0.5) is 0 Å². The van der Waals surface area contributed by atoms with E-state index in [2.05, 4.69) is 4.72 Å². The molecule has 6 nitrogen and oxygen atoms in total. The molecule has 0 aromatic rings. The fourth-order valence-electron chi connectivity index (χ4n) is 4.61. The van der Waals surface area contributed by atoms with Gasteiger partial charge in [0.15, 0.2) is 0 Å². The molecule has 3 rings (SSSR count). The van der Waals surface area contributed by atoms with E-state index < -0.39 is 20.8 Å². The van der Waals surface area contributed by atoms with Gasteiger partial charge in [0.1, 0.15) is 0 Å². The largest absolute Gasteiger partial charge is 0.341 e. The molecule has 0 aromatic heterocycles. The molecule has 3 fully saturated rings. The smallest absolute Gasteiger partial charge is 0.225 e. The van der Waals surface area contributed by atoms with Gasteiger partial charge in [-0.05, 0) is 38.5 Å². The summed E-state index contributed by atoms with van der Waals surface area (Å²) in [5.41, 5.74) is 5.41. The van der Waals surface area contributed by atoms with Crippen molar-refractivity contribution in [2.24, 2.45) is 11.7 Å². The molecule has 0 spiro atoms. The maximum atomic E-state index is 12.9. The van der Waals surface area contributed by atoms with Crippen molar-refractivity contribution in [1.29, 1.82) is 0 Å². The Morgan fingerprint density at radius 1 is 1.08 bits per heavy atom. The van der Waals surface area contributed by atoms with E-state index in [0.29, 0.717) is 26.1 Å². The van der Waals surface area contributed by atoms with Gasteiger partial charge >= 0.3 is 0 Å². The molecule has 138 valence electrons. The molecule has 0 radical (unpaired) electrons. The number of nitrogens with one attached hydrogen (secondary N) is 1. The molecule has 2 aliphatic carbocycles. The number of nitrogens with two attached hydrogens (primary N) is 1. The van der Waals surface area contributed by atoms with Gasteiger partial charge in [-0.1, -0.05) is 25.7 Å². The normalized spacial score (nSPS) is 28.4. The summed E-state index contributed by atoms with van der Waals surface area (Å²) in [6.07, 6.45) is 9.24. The van der Waals surface area contributed by atoms with E-state index in [1.165, 1.54) is 0 Å². The second-order valence-electron chi connectivity index (χ2n) is 7.87. The van der Waals surface area contributed by atoms with E-state index in [1.807, 2.05) is 0 Å². The number of amides is 1. The van der Waals surface area contributed by atoms with Crippen LogP contribution in [0.25, 0.3) is 0 Å². The maximum absolute atomic E-state index is 12.9. The summed E-state index contributed by atoms with van der Waals surface area (Å²) in [5, 5.41) is -0.499. The van der Waals surface area contributed by atoms with E-state index in [1.54, 1.807) is 4.90 Å². The summed E-state index contributed by atoms with van der Waals surface area (Å²) in [6, 6.07) is 0. The second kappa shape index (κ2) is 7.30. The van der Waals surface area contributed by atoms with Crippen LogP contribution >= 0.6 is 0 Å². The third-order valence-corrected chi connectivity index (χ3v) is 8.12. The van der Waals surface area contributed by atoms with Crippen molar-refractivity contribution < 1.29 is 13.2 Å². The van der Waals surface area contributed by atoms with Crippen molar-refractivity contribution in [2.45, 2.75) is 75.0 Å². The number of hydrogen-bond donors (Lipinski definition) is 2. The molecule has 2 saturated carbocycles. The van der Waals surface area contributed by atoms with Crippen LogP contribution in [0, 0.1) is 5.92 Å². The average molecular weight is 358 g/mol.